The van der Waals surface area contributed by atoms with Gasteiger partial charge in [0.2, 0.25) is 11.8 Å². The van der Waals surface area contributed by atoms with E-state index in [0.717, 1.165) is 34.9 Å². The number of hydrogen-bond acceptors (Lipinski definition) is 5. The average molecular weight is 491 g/mol. The first-order valence-electron chi connectivity index (χ1n) is 13.0. The van der Waals surface area contributed by atoms with Crippen LogP contribution in [0.1, 0.15) is 44.6 Å². The minimum absolute atomic E-state index is 0.0518. The number of carbonyl (C=O) groups excluding carboxylic acids is 3. The molecule has 0 bridgehead atoms. The van der Waals surface area contributed by atoms with E-state index in [1.54, 1.807) is 9.80 Å². The molecule has 7 nitrogen and oxygen atoms in total. The molecule has 0 spiro atoms. The van der Waals surface area contributed by atoms with Crippen LogP contribution in [0.2, 0.25) is 0 Å². The summed E-state index contributed by atoms with van der Waals surface area (Å²) in [5.41, 5.74) is 0.869. The Morgan fingerprint density at radius 2 is 1.89 bits per heavy atom. The highest BCUT2D eigenvalue weighted by atomic mass is 16.5. The zero-order valence-corrected chi connectivity index (χ0v) is 20.9. The van der Waals surface area contributed by atoms with Gasteiger partial charge in [-0.1, -0.05) is 48.5 Å². The van der Waals surface area contributed by atoms with Gasteiger partial charge in [0, 0.05) is 31.1 Å². The summed E-state index contributed by atoms with van der Waals surface area (Å²) in [5, 5.41) is 2.19. The fourth-order valence-corrected chi connectivity index (χ4v) is 6.02. The molecule has 0 radical (unpaired) electrons. The van der Waals surface area contributed by atoms with E-state index in [4.69, 9.17) is 9.47 Å². The normalized spacial score (nSPS) is 24.3. The van der Waals surface area contributed by atoms with Crippen LogP contribution in [-0.4, -0.2) is 60.5 Å². The predicted octanol–water partition coefficient (Wildman–Crippen LogP) is 4.05. The average Bonchev–Trinajstić information content (AvgIpc) is 2.91. The molecule has 190 valence electrons. The first kappa shape index (κ1) is 24.5. The van der Waals surface area contributed by atoms with Gasteiger partial charge in [0.15, 0.2) is 0 Å². The van der Waals surface area contributed by atoms with Gasteiger partial charge in [-0.15, -0.1) is 0 Å². The quantitative estimate of drug-likeness (QED) is 0.571. The van der Waals surface area contributed by atoms with Gasteiger partial charge in [-0.05, 0) is 48.9 Å². The number of amides is 2. The second-order valence-electron chi connectivity index (χ2n) is 9.95. The summed E-state index contributed by atoms with van der Waals surface area (Å²) >= 11 is 0. The molecule has 0 saturated carbocycles. The smallest absolute Gasteiger partial charge is 0.318 e. The zero-order valence-electron chi connectivity index (χ0n) is 20.9. The Kier molecular flexibility index (Phi) is 7.10. The molecule has 2 aliphatic heterocycles. The van der Waals surface area contributed by atoms with Crippen molar-refractivity contribution in [2.45, 2.75) is 45.6 Å². The zero-order chi connectivity index (χ0) is 25.1. The van der Waals surface area contributed by atoms with Crippen LogP contribution < -0.4 is 0 Å². The number of piperidine rings is 1. The number of fused-ring (bicyclic) bond motifs is 2. The molecule has 36 heavy (non-hydrogen) atoms. The maximum Gasteiger partial charge on any atom is 0.318 e. The third-order valence-electron chi connectivity index (χ3n) is 7.80. The Labute approximate surface area is 212 Å². The van der Waals surface area contributed by atoms with Crippen LogP contribution in [0, 0.1) is 11.3 Å². The molecule has 2 saturated heterocycles. The Hall–Kier alpha value is -3.19. The summed E-state index contributed by atoms with van der Waals surface area (Å²) in [6.07, 6.45) is 4.75. The van der Waals surface area contributed by atoms with E-state index in [2.05, 4.69) is 18.2 Å². The fraction of sp³-hybridized carbons (Fsp3) is 0.483. The lowest BCUT2D eigenvalue weighted by atomic mass is 9.66. The molecule has 3 aliphatic rings. The number of morpholine rings is 1. The highest BCUT2D eigenvalue weighted by Crippen LogP contribution is 2.50. The van der Waals surface area contributed by atoms with Crippen LogP contribution in [-0.2, 0) is 30.4 Å². The van der Waals surface area contributed by atoms with Gasteiger partial charge in [-0.3, -0.25) is 14.4 Å². The van der Waals surface area contributed by atoms with E-state index in [1.807, 2.05) is 37.3 Å². The second-order valence-corrected chi connectivity index (χ2v) is 9.95. The van der Waals surface area contributed by atoms with Crippen molar-refractivity contribution in [1.29, 1.82) is 0 Å². The molecule has 1 aliphatic carbocycles. The summed E-state index contributed by atoms with van der Waals surface area (Å²) in [6, 6.07) is 14.2. The lowest BCUT2D eigenvalue weighted by Crippen LogP contribution is -2.54. The monoisotopic (exact) mass is 490 g/mol. The minimum Gasteiger partial charge on any atom is -0.465 e. The number of esters is 1. The van der Waals surface area contributed by atoms with Crippen LogP contribution in [0.3, 0.4) is 0 Å². The Morgan fingerprint density at radius 1 is 1.11 bits per heavy atom. The molecular formula is C29H34N2O5. The molecule has 2 aromatic carbocycles. The number of benzene rings is 2. The number of nitrogens with zero attached hydrogens (tertiary/aromatic N) is 2. The molecule has 2 aromatic rings. The first-order chi connectivity index (χ1) is 17.5. The molecule has 0 aromatic heterocycles. The van der Waals surface area contributed by atoms with Crippen molar-refractivity contribution in [3.63, 3.8) is 0 Å². The molecule has 0 unspecified atom stereocenters. The highest BCUT2D eigenvalue weighted by Gasteiger charge is 2.54. The SMILES string of the molecule is CCOC(=O)[C@]12CCCC=C1N(Cc1cccc3ccccc13)C(=O)[C@H](CC(=O)N1CCOCC1)C2. The van der Waals surface area contributed by atoms with E-state index in [9.17, 15) is 14.4 Å². The van der Waals surface area contributed by atoms with E-state index in [1.165, 1.54) is 0 Å². The third-order valence-corrected chi connectivity index (χ3v) is 7.80. The molecule has 2 heterocycles. The van der Waals surface area contributed by atoms with E-state index in [0.29, 0.717) is 45.7 Å². The summed E-state index contributed by atoms with van der Waals surface area (Å²) in [5.74, 6) is -0.994. The fourth-order valence-electron chi connectivity index (χ4n) is 6.02. The lowest BCUT2D eigenvalue weighted by Gasteiger charge is -2.48. The van der Waals surface area contributed by atoms with Crippen molar-refractivity contribution < 1.29 is 23.9 Å². The van der Waals surface area contributed by atoms with E-state index in [-0.39, 0.29) is 30.8 Å². The number of likely N-dealkylation sites (tertiary alicyclic amines) is 1. The van der Waals surface area contributed by atoms with Gasteiger partial charge in [-0.25, -0.2) is 0 Å². The summed E-state index contributed by atoms with van der Waals surface area (Å²) in [7, 11) is 0. The molecule has 5 rings (SSSR count). The lowest BCUT2D eigenvalue weighted by molar-refractivity contribution is -0.163. The van der Waals surface area contributed by atoms with Crippen molar-refractivity contribution in [2.75, 3.05) is 32.9 Å². The van der Waals surface area contributed by atoms with Gasteiger partial charge in [-0.2, -0.15) is 0 Å². The van der Waals surface area contributed by atoms with E-state index < -0.39 is 11.3 Å². The van der Waals surface area contributed by atoms with Crippen LogP contribution in [0.15, 0.2) is 54.2 Å². The van der Waals surface area contributed by atoms with Crippen molar-refractivity contribution in [3.05, 3.63) is 59.8 Å². The van der Waals surface area contributed by atoms with Crippen LogP contribution in [0.25, 0.3) is 10.8 Å². The molecular weight excluding hydrogens is 456 g/mol. The predicted molar refractivity (Wildman–Crippen MR) is 136 cm³/mol. The Morgan fingerprint density at radius 3 is 2.69 bits per heavy atom. The number of carbonyl (C=O) groups is 3. The van der Waals surface area contributed by atoms with Gasteiger partial charge < -0.3 is 19.3 Å². The summed E-state index contributed by atoms with van der Waals surface area (Å²) in [4.78, 5) is 44.2. The Balaban J connectivity index is 1.52. The second kappa shape index (κ2) is 10.4. The maximum atomic E-state index is 14.0. The van der Waals surface area contributed by atoms with Crippen LogP contribution in [0.4, 0.5) is 0 Å². The van der Waals surface area contributed by atoms with Crippen LogP contribution in [0.5, 0.6) is 0 Å². The number of ether oxygens (including phenoxy) is 2. The van der Waals surface area contributed by atoms with Crippen molar-refractivity contribution in [1.82, 2.24) is 9.80 Å². The van der Waals surface area contributed by atoms with Gasteiger partial charge in [0.1, 0.15) is 5.41 Å². The van der Waals surface area contributed by atoms with Gasteiger partial charge in [0.25, 0.3) is 0 Å². The van der Waals surface area contributed by atoms with Crippen molar-refractivity contribution in [2.24, 2.45) is 11.3 Å². The number of rotatable bonds is 6. The molecule has 2 fully saturated rings. The summed E-state index contributed by atoms with van der Waals surface area (Å²) in [6.45, 7) is 4.54. The highest BCUT2D eigenvalue weighted by molar-refractivity contribution is 5.93. The van der Waals surface area contributed by atoms with Crippen molar-refractivity contribution in [3.8, 4) is 0 Å². The third kappa shape index (κ3) is 4.52. The van der Waals surface area contributed by atoms with Crippen molar-refractivity contribution >= 4 is 28.6 Å². The molecule has 0 N–H and O–H groups in total. The van der Waals surface area contributed by atoms with Gasteiger partial charge >= 0.3 is 5.97 Å². The number of allylic oxidation sites excluding steroid dienone is 1. The maximum absolute atomic E-state index is 14.0. The number of hydrogen-bond donors (Lipinski definition) is 0. The van der Waals surface area contributed by atoms with E-state index >= 15 is 0 Å². The summed E-state index contributed by atoms with van der Waals surface area (Å²) < 4.78 is 11.0. The molecule has 2 amide bonds. The largest absolute Gasteiger partial charge is 0.465 e. The Bertz CT molecular complexity index is 1180. The molecule has 2 atom stereocenters. The standard InChI is InChI=1S/C29H34N2O5/c1-2-36-28(34)29-13-6-5-12-25(29)31(20-22-10-7-9-21-8-3-4-11-24(21)22)27(33)23(19-29)18-26(32)30-14-16-35-17-15-30/h3-4,7-12,23H,2,5-6,13-20H2,1H3/t23-,29+/m1/s1. The molecule has 7 heteroatoms. The first-order valence-corrected chi connectivity index (χ1v) is 13.0. The van der Waals surface area contributed by atoms with Crippen LogP contribution >= 0.6 is 0 Å². The minimum atomic E-state index is -0.900. The van der Waals surface area contributed by atoms with Gasteiger partial charge in [0.05, 0.1) is 26.4 Å². The topological polar surface area (TPSA) is 76.2 Å².